The highest BCUT2D eigenvalue weighted by atomic mass is 16.3. The average Bonchev–Trinajstić information content (AvgIpc) is 2.53. The quantitative estimate of drug-likeness (QED) is 0.642. The Morgan fingerprint density at radius 2 is 1.95 bits per heavy atom. The van der Waals surface area contributed by atoms with E-state index in [4.69, 9.17) is 0 Å². The average molecular weight is 277 g/mol. The minimum absolute atomic E-state index is 0.227. The first kappa shape index (κ1) is 13.3. The van der Waals surface area contributed by atoms with Crippen molar-refractivity contribution in [3.05, 3.63) is 64.7 Å². The highest BCUT2D eigenvalue weighted by Gasteiger charge is 2.18. The van der Waals surface area contributed by atoms with Crippen molar-refractivity contribution in [3.8, 4) is 17.6 Å². The van der Waals surface area contributed by atoms with E-state index in [0.29, 0.717) is 13.1 Å². The summed E-state index contributed by atoms with van der Waals surface area (Å²) in [6.45, 7) is 1.24. The number of amides is 1. The van der Waals surface area contributed by atoms with E-state index in [9.17, 15) is 9.90 Å². The Morgan fingerprint density at radius 1 is 1.14 bits per heavy atom. The van der Waals surface area contributed by atoms with Crippen molar-refractivity contribution in [3.63, 3.8) is 0 Å². The van der Waals surface area contributed by atoms with Gasteiger partial charge in [-0.15, -0.1) is 0 Å². The zero-order valence-electron chi connectivity index (χ0n) is 11.5. The van der Waals surface area contributed by atoms with Crippen molar-refractivity contribution >= 4 is 6.41 Å². The Kier molecular flexibility index (Phi) is 3.61. The molecule has 0 fully saturated rings. The zero-order chi connectivity index (χ0) is 14.7. The maximum Gasteiger partial charge on any atom is 0.210 e. The number of hydrogen-bond acceptors (Lipinski definition) is 2. The fourth-order valence-corrected chi connectivity index (χ4v) is 2.53. The van der Waals surface area contributed by atoms with Gasteiger partial charge < -0.3 is 10.0 Å². The lowest BCUT2D eigenvalue weighted by Gasteiger charge is -2.26. The molecule has 0 atom stereocenters. The number of phenolic OH excluding ortho intramolecular Hbond substituents is 1. The van der Waals surface area contributed by atoms with Crippen LogP contribution in [-0.2, 0) is 17.8 Å². The third kappa shape index (κ3) is 2.90. The molecule has 3 heteroatoms. The number of phenols is 1. The third-order valence-electron chi connectivity index (χ3n) is 3.62. The monoisotopic (exact) mass is 277 g/mol. The molecule has 0 aliphatic carbocycles. The number of rotatable bonds is 1. The van der Waals surface area contributed by atoms with E-state index in [1.807, 2.05) is 30.3 Å². The van der Waals surface area contributed by atoms with Crippen molar-refractivity contribution < 1.29 is 9.90 Å². The van der Waals surface area contributed by atoms with Crippen LogP contribution in [0.1, 0.15) is 22.3 Å². The third-order valence-corrected chi connectivity index (χ3v) is 3.62. The number of benzene rings is 2. The smallest absolute Gasteiger partial charge is 0.210 e. The van der Waals surface area contributed by atoms with E-state index in [2.05, 4.69) is 11.8 Å². The van der Waals surface area contributed by atoms with Crippen LogP contribution in [0, 0.1) is 11.8 Å². The molecular formula is C18H15NO2. The summed E-state index contributed by atoms with van der Waals surface area (Å²) >= 11 is 0. The molecule has 0 saturated carbocycles. The van der Waals surface area contributed by atoms with Crippen molar-refractivity contribution in [2.24, 2.45) is 0 Å². The van der Waals surface area contributed by atoms with E-state index < -0.39 is 0 Å². The first-order valence-corrected chi connectivity index (χ1v) is 6.87. The molecule has 3 rings (SSSR count). The molecule has 1 aliphatic rings. The highest BCUT2D eigenvalue weighted by molar-refractivity contribution is 5.56. The normalized spacial score (nSPS) is 13.0. The Hall–Kier alpha value is -2.73. The van der Waals surface area contributed by atoms with Crippen LogP contribution in [-0.4, -0.2) is 23.0 Å². The second-order valence-corrected chi connectivity index (χ2v) is 5.07. The maximum atomic E-state index is 11.0. The first-order chi connectivity index (χ1) is 10.3. The molecular weight excluding hydrogens is 262 g/mol. The van der Waals surface area contributed by atoms with E-state index in [-0.39, 0.29) is 5.75 Å². The van der Waals surface area contributed by atoms with Crippen LogP contribution in [0.4, 0.5) is 0 Å². The van der Waals surface area contributed by atoms with Crippen LogP contribution >= 0.6 is 0 Å². The van der Waals surface area contributed by atoms with Crippen LogP contribution in [0.15, 0.2) is 42.5 Å². The van der Waals surface area contributed by atoms with E-state index in [0.717, 1.165) is 35.1 Å². The summed E-state index contributed by atoms with van der Waals surface area (Å²) in [5.41, 5.74) is 3.83. The van der Waals surface area contributed by atoms with Crippen LogP contribution in [0.25, 0.3) is 0 Å². The van der Waals surface area contributed by atoms with Crippen LogP contribution in [0.2, 0.25) is 0 Å². The molecule has 0 aromatic heterocycles. The first-order valence-electron chi connectivity index (χ1n) is 6.87. The van der Waals surface area contributed by atoms with Crippen LogP contribution in [0.5, 0.6) is 5.75 Å². The molecule has 2 aromatic rings. The molecule has 21 heavy (non-hydrogen) atoms. The van der Waals surface area contributed by atoms with Crippen LogP contribution in [0.3, 0.4) is 0 Å². The minimum atomic E-state index is 0.227. The predicted molar refractivity (Wildman–Crippen MR) is 80.7 cm³/mol. The van der Waals surface area contributed by atoms with Gasteiger partial charge in [-0.05, 0) is 41.8 Å². The Balaban J connectivity index is 2.01. The molecule has 3 nitrogen and oxygen atoms in total. The lowest BCUT2D eigenvalue weighted by atomic mass is 9.94. The van der Waals surface area contributed by atoms with Crippen molar-refractivity contribution in [2.45, 2.75) is 13.0 Å². The number of carbonyl (C=O) groups excluding carboxylic acids is 1. The molecule has 1 aliphatic heterocycles. The van der Waals surface area contributed by atoms with Gasteiger partial charge in [-0.1, -0.05) is 30.0 Å². The standard InChI is InChI=1S/C18H15NO2/c20-13-19-9-8-16-11-17(21)10-15(18(16)12-19)7-6-14-4-2-1-3-5-14/h1-5,10-11,13,21H,8-9,12H2. The zero-order valence-corrected chi connectivity index (χ0v) is 11.5. The summed E-state index contributed by atoms with van der Waals surface area (Å²) in [6, 6.07) is 13.2. The second kappa shape index (κ2) is 5.72. The van der Waals surface area contributed by atoms with E-state index in [1.165, 1.54) is 0 Å². The topological polar surface area (TPSA) is 40.5 Å². The number of fused-ring (bicyclic) bond motifs is 1. The van der Waals surface area contributed by atoms with Gasteiger partial charge in [0.05, 0.1) is 0 Å². The van der Waals surface area contributed by atoms with Gasteiger partial charge in [0.25, 0.3) is 0 Å². The summed E-state index contributed by atoms with van der Waals surface area (Å²) < 4.78 is 0. The SMILES string of the molecule is O=CN1CCc2cc(O)cc(C#Cc3ccccc3)c2C1. The largest absolute Gasteiger partial charge is 0.508 e. The molecule has 1 amide bonds. The van der Waals surface area contributed by atoms with Gasteiger partial charge in [0, 0.05) is 24.2 Å². The van der Waals surface area contributed by atoms with Gasteiger partial charge in [0.2, 0.25) is 6.41 Å². The molecule has 1 N–H and O–H groups in total. The van der Waals surface area contributed by atoms with Gasteiger partial charge >= 0.3 is 0 Å². The fraction of sp³-hybridized carbons (Fsp3) is 0.167. The molecule has 1 heterocycles. The summed E-state index contributed by atoms with van der Waals surface area (Å²) in [4.78, 5) is 12.7. The lowest BCUT2D eigenvalue weighted by molar-refractivity contribution is -0.118. The van der Waals surface area contributed by atoms with Gasteiger partial charge in [-0.3, -0.25) is 4.79 Å². The number of hydrogen-bond donors (Lipinski definition) is 1. The van der Waals surface area contributed by atoms with Crippen molar-refractivity contribution in [1.29, 1.82) is 0 Å². The van der Waals surface area contributed by atoms with Gasteiger partial charge in [0.15, 0.2) is 0 Å². The summed E-state index contributed by atoms with van der Waals surface area (Å²) in [5, 5.41) is 9.84. The number of nitrogens with zero attached hydrogens (tertiary/aromatic N) is 1. The number of aromatic hydroxyl groups is 1. The molecule has 104 valence electrons. The summed E-state index contributed by atoms with van der Waals surface area (Å²) in [7, 11) is 0. The van der Waals surface area contributed by atoms with E-state index in [1.54, 1.807) is 17.0 Å². The molecule has 2 aromatic carbocycles. The minimum Gasteiger partial charge on any atom is -0.508 e. The molecule has 0 saturated heterocycles. The van der Waals surface area contributed by atoms with Gasteiger partial charge in [0.1, 0.15) is 5.75 Å². The molecule has 0 unspecified atom stereocenters. The predicted octanol–water partition coefficient (Wildman–Crippen LogP) is 2.31. The Morgan fingerprint density at radius 3 is 2.71 bits per heavy atom. The lowest BCUT2D eigenvalue weighted by Crippen LogP contribution is -2.29. The van der Waals surface area contributed by atoms with Crippen molar-refractivity contribution in [2.75, 3.05) is 6.54 Å². The van der Waals surface area contributed by atoms with Gasteiger partial charge in [-0.2, -0.15) is 0 Å². The molecule has 0 bridgehead atoms. The van der Waals surface area contributed by atoms with E-state index >= 15 is 0 Å². The number of carbonyl (C=O) groups is 1. The fourth-order valence-electron chi connectivity index (χ4n) is 2.53. The summed E-state index contributed by atoms with van der Waals surface area (Å²) in [6.07, 6.45) is 1.62. The maximum absolute atomic E-state index is 11.0. The van der Waals surface area contributed by atoms with Gasteiger partial charge in [-0.25, -0.2) is 0 Å². The van der Waals surface area contributed by atoms with Crippen molar-refractivity contribution in [1.82, 2.24) is 4.90 Å². The molecule has 0 spiro atoms. The van der Waals surface area contributed by atoms with Crippen LogP contribution < -0.4 is 0 Å². The Bertz CT molecular complexity index is 726. The highest BCUT2D eigenvalue weighted by Crippen LogP contribution is 2.26. The molecule has 0 radical (unpaired) electrons. The second-order valence-electron chi connectivity index (χ2n) is 5.07. The Labute approximate surface area is 123 Å². The summed E-state index contributed by atoms with van der Waals surface area (Å²) in [5.74, 6) is 6.45.